The number of hydrogen-bond donors (Lipinski definition) is 9. The van der Waals surface area contributed by atoms with Gasteiger partial charge in [0.15, 0.2) is 12.6 Å². The molecule has 1 saturated carbocycles. The Morgan fingerprint density at radius 2 is 1.62 bits per heavy atom. The molecule has 37 heavy (non-hydrogen) atoms. The molecule has 0 spiro atoms. The van der Waals surface area contributed by atoms with E-state index in [0.717, 1.165) is 0 Å². The summed E-state index contributed by atoms with van der Waals surface area (Å²) in [5.41, 5.74) is -6.28. The van der Waals surface area contributed by atoms with Crippen LogP contribution in [0.2, 0.25) is 0 Å². The Bertz CT molecular complexity index is 786. The summed E-state index contributed by atoms with van der Waals surface area (Å²) < 4.78 is 22.3. The lowest BCUT2D eigenvalue weighted by molar-refractivity contribution is -0.339. The van der Waals surface area contributed by atoms with Crippen LogP contribution in [0.15, 0.2) is 12.2 Å². The van der Waals surface area contributed by atoms with Crippen LogP contribution in [0.4, 0.5) is 0 Å². The number of aliphatic hydroxyl groups excluding tert-OH is 6. The highest BCUT2D eigenvalue weighted by molar-refractivity contribution is 5.21. The molecule has 2 heterocycles. The van der Waals surface area contributed by atoms with E-state index in [1.165, 1.54) is 19.1 Å². The summed E-state index contributed by atoms with van der Waals surface area (Å²) in [6.07, 6.45) is -9.09. The summed E-state index contributed by atoms with van der Waals surface area (Å²) in [4.78, 5) is 0. The van der Waals surface area contributed by atoms with Crippen molar-refractivity contribution < 1.29 is 64.9 Å². The van der Waals surface area contributed by atoms with Crippen LogP contribution in [0.1, 0.15) is 40.5 Å². The smallest absolute Gasteiger partial charge is 0.187 e. The van der Waals surface area contributed by atoms with Crippen molar-refractivity contribution >= 4 is 0 Å². The van der Waals surface area contributed by atoms with Crippen molar-refractivity contribution in [1.82, 2.24) is 0 Å². The second kappa shape index (κ2) is 11.0. The number of aliphatic hydroxyl groups is 9. The van der Waals surface area contributed by atoms with Gasteiger partial charge in [0.1, 0.15) is 41.7 Å². The Hall–Kier alpha value is -0.780. The van der Waals surface area contributed by atoms with Crippen LogP contribution in [0.25, 0.3) is 0 Å². The Labute approximate surface area is 215 Å². The zero-order valence-corrected chi connectivity index (χ0v) is 21.5. The van der Waals surface area contributed by atoms with Gasteiger partial charge in [-0.25, -0.2) is 0 Å². The van der Waals surface area contributed by atoms with E-state index in [-0.39, 0.29) is 12.8 Å². The average Bonchev–Trinajstić information content (AvgIpc) is 3.09. The summed E-state index contributed by atoms with van der Waals surface area (Å²) in [5.74, 6) is 0. The van der Waals surface area contributed by atoms with Crippen molar-refractivity contribution in [2.45, 2.75) is 113 Å². The zero-order chi connectivity index (χ0) is 28.0. The van der Waals surface area contributed by atoms with Gasteiger partial charge in [-0.2, -0.15) is 0 Å². The SMILES string of the molecule is C[C@H](/C=C/[C@]1(O)C(C)(C)C[C@@H](O)C[C@@]1(C)O)O[C@@H]1O[C@H](CO)[C@@H](O)[C@H](O)[C@H]1O[C@@H]1OC[C@](O)(CO)[C@H]1O. The first kappa shape index (κ1) is 30.8. The minimum atomic E-state index is -1.99. The average molecular weight is 539 g/mol. The summed E-state index contributed by atoms with van der Waals surface area (Å²) in [7, 11) is 0. The van der Waals surface area contributed by atoms with Gasteiger partial charge < -0.3 is 64.9 Å². The van der Waals surface area contributed by atoms with E-state index >= 15 is 0 Å². The third kappa shape index (κ3) is 5.75. The van der Waals surface area contributed by atoms with Gasteiger partial charge in [-0.3, -0.25) is 0 Å². The molecule has 0 amide bonds. The standard InChI is InChI=1S/C24H42O13/c1-12(5-6-24(33)21(2,3)7-13(27)8-22(24,4)31)35-19-17(16(29)15(28)14(9-25)36-19)37-20-18(30)23(32,10-26)11-34-20/h5-6,12-20,25-33H,7-11H2,1-4H3/b6-5+/t12-,13-,14-,15-,16+,17-,18+,19-,20+,22-,23-,24+/m1/s1. The van der Waals surface area contributed by atoms with Gasteiger partial charge in [0, 0.05) is 11.8 Å². The van der Waals surface area contributed by atoms with Gasteiger partial charge in [0.05, 0.1) is 37.6 Å². The summed E-state index contributed by atoms with van der Waals surface area (Å²) in [6.45, 7) is 4.54. The molecule has 2 saturated heterocycles. The van der Waals surface area contributed by atoms with E-state index in [9.17, 15) is 46.0 Å². The third-order valence-electron chi connectivity index (χ3n) is 7.88. The molecule has 3 rings (SSSR count). The van der Waals surface area contributed by atoms with Crippen LogP contribution >= 0.6 is 0 Å². The fourth-order valence-corrected chi connectivity index (χ4v) is 5.47. The van der Waals surface area contributed by atoms with Crippen LogP contribution in [0, 0.1) is 5.41 Å². The fourth-order valence-electron chi connectivity index (χ4n) is 5.47. The maximum Gasteiger partial charge on any atom is 0.187 e. The third-order valence-corrected chi connectivity index (χ3v) is 7.88. The molecule has 3 aliphatic rings. The molecule has 0 unspecified atom stereocenters. The van der Waals surface area contributed by atoms with Gasteiger partial charge >= 0.3 is 0 Å². The zero-order valence-electron chi connectivity index (χ0n) is 21.5. The lowest BCUT2D eigenvalue weighted by Gasteiger charge is -2.55. The first-order chi connectivity index (χ1) is 17.0. The van der Waals surface area contributed by atoms with E-state index in [4.69, 9.17) is 18.9 Å². The van der Waals surface area contributed by atoms with Crippen LogP contribution < -0.4 is 0 Å². The predicted octanol–water partition coefficient (Wildman–Crippen LogP) is -3.12. The van der Waals surface area contributed by atoms with Gasteiger partial charge in [-0.15, -0.1) is 0 Å². The number of hydrogen-bond acceptors (Lipinski definition) is 13. The molecule has 0 aromatic rings. The lowest BCUT2D eigenvalue weighted by Crippen LogP contribution is -2.65. The maximum atomic E-state index is 11.4. The van der Waals surface area contributed by atoms with Crippen molar-refractivity contribution in [2.24, 2.45) is 5.41 Å². The molecule has 9 N–H and O–H groups in total. The molecule has 0 aromatic carbocycles. The fraction of sp³-hybridized carbons (Fsp3) is 0.917. The maximum absolute atomic E-state index is 11.4. The molecule has 13 heteroatoms. The van der Waals surface area contributed by atoms with E-state index in [0.29, 0.717) is 0 Å². The normalized spacial score (nSPS) is 49.4. The van der Waals surface area contributed by atoms with Gasteiger partial charge in [0.2, 0.25) is 0 Å². The molecule has 13 nitrogen and oxygen atoms in total. The highest BCUT2D eigenvalue weighted by Gasteiger charge is 2.59. The summed E-state index contributed by atoms with van der Waals surface area (Å²) in [5, 5.41) is 93.0. The highest BCUT2D eigenvalue weighted by Crippen LogP contribution is 2.50. The second-order valence-electron chi connectivity index (χ2n) is 11.4. The van der Waals surface area contributed by atoms with E-state index < -0.39 is 97.3 Å². The van der Waals surface area contributed by atoms with Crippen molar-refractivity contribution in [3.05, 3.63) is 12.2 Å². The minimum absolute atomic E-state index is 0.0413. The van der Waals surface area contributed by atoms with E-state index in [1.54, 1.807) is 20.8 Å². The highest BCUT2D eigenvalue weighted by atomic mass is 16.8. The van der Waals surface area contributed by atoms with Crippen LogP contribution in [0.3, 0.4) is 0 Å². The van der Waals surface area contributed by atoms with Gasteiger partial charge in [-0.05, 0) is 20.3 Å². The van der Waals surface area contributed by atoms with Crippen LogP contribution in [-0.4, -0.2) is 138 Å². The number of rotatable bonds is 8. The topological polar surface area (TPSA) is 219 Å². The van der Waals surface area contributed by atoms with Gasteiger partial charge in [-0.1, -0.05) is 26.0 Å². The van der Waals surface area contributed by atoms with Crippen molar-refractivity contribution in [1.29, 1.82) is 0 Å². The minimum Gasteiger partial charge on any atom is -0.394 e. The van der Waals surface area contributed by atoms with E-state index in [1.807, 2.05) is 0 Å². The first-order valence-corrected chi connectivity index (χ1v) is 12.4. The molecule has 3 fully saturated rings. The molecular weight excluding hydrogens is 496 g/mol. The van der Waals surface area contributed by atoms with Crippen molar-refractivity contribution in [3.63, 3.8) is 0 Å². The second-order valence-corrected chi connectivity index (χ2v) is 11.4. The molecular formula is C24H42O13. The Morgan fingerprint density at radius 3 is 2.16 bits per heavy atom. The first-order valence-electron chi connectivity index (χ1n) is 12.4. The predicted molar refractivity (Wildman–Crippen MR) is 125 cm³/mol. The van der Waals surface area contributed by atoms with Crippen molar-refractivity contribution in [2.75, 3.05) is 19.8 Å². The molecule has 0 aromatic heterocycles. The lowest BCUT2D eigenvalue weighted by atomic mass is 9.57. The number of ether oxygens (including phenoxy) is 4. The summed E-state index contributed by atoms with van der Waals surface area (Å²) in [6, 6.07) is 0. The monoisotopic (exact) mass is 538 g/mol. The molecule has 2 aliphatic heterocycles. The molecule has 1 aliphatic carbocycles. The Balaban J connectivity index is 1.79. The quantitative estimate of drug-likeness (QED) is 0.140. The van der Waals surface area contributed by atoms with E-state index in [2.05, 4.69) is 0 Å². The molecule has 0 radical (unpaired) electrons. The van der Waals surface area contributed by atoms with Gasteiger partial charge in [0.25, 0.3) is 0 Å². The summed E-state index contributed by atoms with van der Waals surface area (Å²) >= 11 is 0. The largest absolute Gasteiger partial charge is 0.394 e. The Morgan fingerprint density at radius 1 is 0.973 bits per heavy atom. The molecule has 216 valence electrons. The molecule has 0 bridgehead atoms. The Kier molecular flexibility index (Phi) is 9.15. The molecule has 12 atom stereocenters. The van der Waals surface area contributed by atoms with Crippen LogP contribution in [0.5, 0.6) is 0 Å². The van der Waals surface area contributed by atoms with Crippen LogP contribution in [-0.2, 0) is 18.9 Å². The van der Waals surface area contributed by atoms with Crippen molar-refractivity contribution in [3.8, 4) is 0 Å².